The van der Waals surface area contributed by atoms with Crippen LogP contribution in [-0.4, -0.2) is 18.0 Å². The molecule has 2 unspecified atom stereocenters. The van der Waals surface area contributed by atoms with Crippen molar-refractivity contribution in [1.82, 2.24) is 5.32 Å². The standard InChI is InChI=1S/C7H14N2O/c1-4-3-6(4)9-7(10)5(2)8/h4-6H,3,8H2,1-2H3,(H,9,10)/t4?,5-,6?/m1/s1. The number of carbonyl (C=O) groups excluding carboxylic acids is 1. The first-order valence-corrected chi connectivity index (χ1v) is 3.67. The quantitative estimate of drug-likeness (QED) is 0.563. The van der Waals surface area contributed by atoms with E-state index in [0.29, 0.717) is 12.0 Å². The predicted molar refractivity (Wildman–Crippen MR) is 39.4 cm³/mol. The van der Waals surface area contributed by atoms with Gasteiger partial charge in [-0.25, -0.2) is 0 Å². The van der Waals surface area contributed by atoms with Gasteiger partial charge < -0.3 is 11.1 Å². The minimum absolute atomic E-state index is 0.0330. The van der Waals surface area contributed by atoms with Crippen LogP contribution in [0.4, 0.5) is 0 Å². The van der Waals surface area contributed by atoms with Gasteiger partial charge in [0.1, 0.15) is 0 Å². The van der Waals surface area contributed by atoms with E-state index in [9.17, 15) is 4.79 Å². The Morgan fingerprint density at radius 2 is 2.30 bits per heavy atom. The van der Waals surface area contributed by atoms with Crippen molar-refractivity contribution < 1.29 is 4.79 Å². The second kappa shape index (κ2) is 2.58. The molecule has 0 radical (unpaired) electrons. The second-order valence-corrected chi connectivity index (χ2v) is 3.12. The van der Waals surface area contributed by atoms with Crippen molar-refractivity contribution in [3.05, 3.63) is 0 Å². The topological polar surface area (TPSA) is 55.1 Å². The largest absolute Gasteiger partial charge is 0.352 e. The Hall–Kier alpha value is -0.570. The van der Waals surface area contributed by atoms with Gasteiger partial charge in [0.05, 0.1) is 6.04 Å². The molecule has 1 amide bonds. The first-order valence-electron chi connectivity index (χ1n) is 3.67. The highest BCUT2D eigenvalue weighted by Crippen LogP contribution is 2.28. The number of amides is 1. The fourth-order valence-electron chi connectivity index (χ4n) is 0.837. The molecule has 1 rings (SSSR count). The number of carbonyl (C=O) groups is 1. The van der Waals surface area contributed by atoms with E-state index >= 15 is 0 Å². The monoisotopic (exact) mass is 142 g/mol. The maximum absolute atomic E-state index is 10.9. The second-order valence-electron chi connectivity index (χ2n) is 3.12. The van der Waals surface area contributed by atoms with E-state index in [1.165, 1.54) is 0 Å². The van der Waals surface area contributed by atoms with E-state index in [1.54, 1.807) is 6.92 Å². The zero-order chi connectivity index (χ0) is 7.72. The Balaban J connectivity index is 2.20. The smallest absolute Gasteiger partial charge is 0.236 e. The molecule has 3 atom stereocenters. The van der Waals surface area contributed by atoms with Crippen LogP contribution in [0.15, 0.2) is 0 Å². The summed E-state index contributed by atoms with van der Waals surface area (Å²) in [4.78, 5) is 10.9. The first-order chi connectivity index (χ1) is 4.61. The summed E-state index contributed by atoms with van der Waals surface area (Å²) in [6.45, 7) is 3.81. The molecule has 1 aliphatic carbocycles. The molecule has 0 bridgehead atoms. The molecule has 0 saturated heterocycles. The number of nitrogens with two attached hydrogens (primary N) is 1. The number of hydrogen-bond donors (Lipinski definition) is 2. The minimum atomic E-state index is -0.368. The molecule has 0 aromatic carbocycles. The van der Waals surface area contributed by atoms with Crippen LogP contribution in [0.2, 0.25) is 0 Å². The van der Waals surface area contributed by atoms with E-state index in [0.717, 1.165) is 6.42 Å². The van der Waals surface area contributed by atoms with Crippen molar-refractivity contribution >= 4 is 5.91 Å². The fourth-order valence-corrected chi connectivity index (χ4v) is 0.837. The van der Waals surface area contributed by atoms with Crippen molar-refractivity contribution in [2.24, 2.45) is 11.7 Å². The summed E-state index contributed by atoms with van der Waals surface area (Å²) in [7, 11) is 0. The molecule has 3 nitrogen and oxygen atoms in total. The lowest BCUT2D eigenvalue weighted by molar-refractivity contribution is -0.122. The van der Waals surface area contributed by atoms with Gasteiger partial charge in [0.2, 0.25) is 5.91 Å². The van der Waals surface area contributed by atoms with Gasteiger partial charge in [-0.2, -0.15) is 0 Å². The number of rotatable bonds is 2. The van der Waals surface area contributed by atoms with Gasteiger partial charge in [0.25, 0.3) is 0 Å². The molecule has 10 heavy (non-hydrogen) atoms. The molecule has 58 valence electrons. The lowest BCUT2D eigenvalue weighted by Gasteiger charge is -2.05. The van der Waals surface area contributed by atoms with Crippen molar-refractivity contribution in [3.8, 4) is 0 Å². The van der Waals surface area contributed by atoms with Gasteiger partial charge in [-0.15, -0.1) is 0 Å². The summed E-state index contributed by atoms with van der Waals surface area (Å²) in [6.07, 6.45) is 1.11. The third-order valence-corrected chi connectivity index (χ3v) is 1.85. The van der Waals surface area contributed by atoms with Crippen LogP contribution in [-0.2, 0) is 4.79 Å². The predicted octanol–water partition coefficient (Wildman–Crippen LogP) is -0.142. The molecular formula is C7H14N2O. The Kier molecular flexibility index (Phi) is 1.94. The van der Waals surface area contributed by atoms with Crippen LogP contribution >= 0.6 is 0 Å². The van der Waals surface area contributed by atoms with Crippen LogP contribution in [0.25, 0.3) is 0 Å². The van der Waals surface area contributed by atoms with Gasteiger partial charge in [-0.05, 0) is 19.3 Å². The molecule has 0 aromatic heterocycles. The molecule has 0 heterocycles. The summed E-state index contributed by atoms with van der Waals surface area (Å²) in [6, 6.07) is 0.0336. The average molecular weight is 142 g/mol. The Labute approximate surface area is 61.0 Å². The van der Waals surface area contributed by atoms with Gasteiger partial charge in [-0.3, -0.25) is 4.79 Å². The van der Waals surface area contributed by atoms with Crippen LogP contribution < -0.4 is 11.1 Å². The highest BCUT2D eigenvalue weighted by Gasteiger charge is 2.34. The van der Waals surface area contributed by atoms with Crippen LogP contribution in [0.5, 0.6) is 0 Å². The van der Waals surface area contributed by atoms with Crippen LogP contribution in [0, 0.1) is 5.92 Å². The lowest BCUT2D eigenvalue weighted by atomic mass is 10.3. The summed E-state index contributed by atoms with van der Waals surface area (Å²) >= 11 is 0. The number of hydrogen-bond acceptors (Lipinski definition) is 2. The van der Waals surface area contributed by atoms with Crippen molar-refractivity contribution in [1.29, 1.82) is 0 Å². The van der Waals surface area contributed by atoms with Gasteiger partial charge >= 0.3 is 0 Å². The normalized spacial score (nSPS) is 33.1. The maximum atomic E-state index is 10.9. The summed E-state index contributed by atoms with van der Waals surface area (Å²) in [5.74, 6) is 0.622. The number of nitrogens with one attached hydrogen (secondary N) is 1. The van der Waals surface area contributed by atoms with Crippen LogP contribution in [0.1, 0.15) is 20.3 Å². The third kappa shape index (κ3) is 1.70. The molecule has 1 fully saturated rings. The Morgan fingerprint density at radius 1 is 1.80 bits per heavy atom. The lowest BCUT2D eigenvalue weighted by Crippen LogP contribution is -2.39. The summed E-state index contributed by atoms with van der Waals surface area (Å²) in [5, 5.41) is 2.84. The molecule has 3 heteroatoms. The van der Waals surface area contributed by atoms with Gasteiger partial charge in [-0.1, -0.05) is 6.92 Å². The fraction of sp³-hybridized carbons (Fsp3) is 0.857. The molecule has 1 aliphatic rings. The van der Waals surface area contributed by atoms with E-state index in [1.807, 2.05) is 0 Å². The van der Waals surface area contributed by atoms with E-state index in [2.05, 4.69) is 12.2 Å². The van der Waals surface area contributed by atoms with Crippen LogP contribution in [0.3, 0.4) is 0 Å². The molecular weight excluding hydrogens is 128 g/mol. The SMILES string of the molecule is CC1CC1NC(=O)[C@@H](C)N. The minimum Gasteiger partial charge on any atom is -0.352 e. The highest BCUT2D eigenvalue weighted by atomic mass is 16.2. The molecule has 3 N–H and O–H groups in total. The third-order valence-electron chi connectivity index (χ3n) is 1.85. The van der Waals surface area contributed by atoms with Crippen molar-refractivity contribution in [2.45, 2.75) is 32.4 Å². The van der Waals surface area contributed by atoms with Gasteiger partial charge in [0.15, 0.2) is 0 Å². The Bertz CT molecular complexity index is 145. The average Bonchev–Trinajstić information content (AvgIpc) is 2.46. The molecule has 0 aliphatic heterocycles. The van der Waals surface area contributed by atoms with Crippen molar-refractivity contribution in [2.75, 3.05) is 0 Å². The zero-order valence-electron chi connectivity index (χ0n) is 6.42. The van der Waals surface area contributed by atoms with E-state index < -0.39 is 0 Å². The highest BCUT2D eigenvalue weighted by molar-refractivity contribution is 5.81. The summed E-state index contributed by atoms with van der Waals surface area (Å²) in [5.41, 5.74) is 5.35. The molecule has 0 spiro atoms. The van der Waals surface area contributed by atoms with E-state index in [-0.39, 0.29) is 11.9 Å². The van der Waals surface area contributed by atoms with E-state index in [4.69, 9.17) is 5.73 Å². The van der Waals surface area contributed by atoms with Crippen molar-refractivity contribution in [3.63, 3.8) is 0 Å². The first kappa shape index (κ1) is 7.54. The molecule has 0 aromatic rings. The molecule has 1 saturated carbocycles. The summed E-state index contributed by atoms with van der Waals surface area (Å²) < 4.78 is 0. The Morgan fingerprint density at radius 3 is 2.60 bits per heavy atom. The maximum Gasteiger partial charge on any atom is 0.236 e. The van der Waals surface area contributed by atoms with Gasteiger partial charge in [0, 0.05) is 6.04 Å². The zero-order valence-corrected chi connectivity index (χ0v) is 6.42.